The zero-order chi connectivity index (χ0) is 14.0. The van der Waals surface area contributed by atoms with Crippen LogP contribution in [0.4, 0.5) is 0 Å². The van der Waals surface area contributed by atoms with Crippen LogP contribution in [0.1, 0.15) is 13.8 Å². The summed E-state index contributed by atoms with van der Waals surface area (Å²) in [5.41, 5.74) is 1.07. The van der Waals surface area contributed by atoms with Gasteiger partial charge in [-0.05, 0) is 19.4 Å². The second-order valence-electron chi connectivity index (χ2n) is 3.20. The molecule has 0 radical (unpaired) electrons. The summed E-state index contributed by atoms with van der Waals surface area (Å²) in [4.78, 5) is 33.2. The smallest absolute Gasteiger partial charge is 0.310 e. The molecule has 0 aliphatic rings. The number of carbonyl (C=O) groups is 3. The summed E-state index contributed by atoms with van der Waals surface area (Å²) >= 11 is 0. The molecule has 2 N–H and O–H groups in total. The van der Waals surface area contributed by atoms with Crippen molar-refractivity contribution in [2.24, 2.45) is 0 Å². The highest BCUT2D eigenvalue weighted by Crippen LogP contribution is 2.05. The Hall–Kier alpha value is -2.42. The second-order valence-corrected chi connectivity index (χ2v) is 3.20. The highest BCUT2D eigenvalue weighted by Gasteiger charge is 2.13. The van der Waals surface area contributed by atoms with Crippen molar-refractivity contribution < 1.29 is 14.4 Å². The molecule has 0 unspecified atom stereocenters. The number of hydrogen-bond acceptors (Lipinski definition) is 4. The van der Waals surface area contributed by atoms with E-state index in [0.29, 0.717) is 17.4 Å². The van der Waals surface area contributed by atoms with E-state index in [-0.39, 0.29) is 13.1 Å². The summed E-state index contributed by atoms with van der Waals surface area (Å²) in [7, 11) is 0. The lowest BCUT2D eigenvalue weighted by molar-refractivity contribution is -0.138. The lowest BCUT2D eigenvalue weighted by atomic mass is 10.1. The van der Waals surface area contributed by atoms with Gasteiger partial charge < -0.3 is 10.6 Å². The molecule has 0 aromatic carbocycles. The van der Waals surface area contributed by atoms with Gasteiger partial charge in [0.1, 0.15) is 12.8 Å². The summed E-state index contributed by atoms with van der Waals surface area (Å²) in [6.45, 7) is 3.28. The molecule has 0 aromatic heterocycles. The fourth-order valence-electron chi connectivity index (χ4n) is 1.16. The van der Waals surface area contributed by atoms with Gasteiger partial charge in [-0.1, -0.05) is 12.2 Å². The van der Waals surface area contributed by atoms with E-state index in [1.54, 1.807) is 32.1 Å². The van der Waals surface area contributed by atoms with Crippen molar-refractivity contribution >= 4 is 18.1 Å². The monoisotopic (exact) mass is 249 g/mol. The molecule has 0 saturated carbocycles. The summed E-state index contributed by atoms with van der Waals surface area (Å²) in [6.07, 6.45) is 3.97. The Bertz CT molecular complexity index is 430. The van der Waals surface area contributed by atoms with E-state index in [9.17, 15) is 14.4 Å². The number of hydrogen-bond donors (Lipinski definition) is 2. The van der Waals surface area contributed by atoms with Crippen molar-refractivity contribution in [1.82, 2.24) is 10.6 Å². The average Bonchev–Trinajstić information content (AvgIpc) is 2.40. The van der Waals surface area contributed by atoms with E-state index >= 15 is 0 Å². The van der Waals surface area contributed by atoms with Crippen LogP contribution in [0.2, 0.25) is 0 Å². The topological polar surface area (TPSA) is 99.1 Å². The molecule has 6 heteroatoms. The molecule has 18 heavy (non-hydrogen) atoms. The molecule has 0 fully saturated rings. The van der Waals surface area contributed by atoms with Gasteiger partial charge in [-0.3, -0.25) is 14.4 Å². The molecule has 0 spiro atoms. The van der Waals surface area contributed by atoms with Crippen molar-refractivity contribution in [2.45, 2.75) is 13.8 Å². The second kappa shape index (κ2) is 8.70. The fraction of sp³-hybridized carbons (Fsp3) is 0.333. The highest BCUT2D eigenvalue weighted by molar-refractivity contribution is 6.35. The zero-order valence-corrected chi connectivity index (χ0v) is 10.3. The number of nitriles is 1. The number of nitrogens with zero attached hydrogens (tertiary/aromatic N) is 1. The van der Waals surface area contributed by atoms with Gasteiger partial charge in [0.2, 0.25) is 0 Å². The molecular formula is C12H15N3O3. The largest absolute Gasteiger partial charge is 0.344 e. The summed E-state index contributed by atoms with van der Waals surface area (Å²) in [6, 6.07) is 1.69. The zero-order valence-electron chi connectivity index (χ0n) is 10.3. The van der Waals surface area contributed by atoms with Crippen LogP contribution in [0, 0.1) is 11.3 Å². The Balaban J connectivity index is 4.40. The Morgan fingerprint density at radius 1 is 1.17 bits per heavy atom. The first-order valence-corrected chi connectivity index (χ1v) is 5.30. The Labute approximate surface area is 105 Å². The van der Waals surface area contributed by atoms with E-state index in [4.69, 9.17) is 5.26 Å². The number of amides is 2. The predicted molar refractivity (Wildman–Crippen MR) is 65.2 cm³/mol. The van der Waals surface area contributed by atoms with Crippen LogP contribution in [-0.2, 0) is 14.4 Å². The third-order valence-electron chi connectivity index (χ3n) is 2.13. The minimum atomic E-state index is -0.875. The maximum absolute atomic E-state index is 11.3. The first-order valence-electron chi connectivity index (χ1n) is 5.30. The highest BCUT2D eigenvalue weighted by atomic mass is 16.2. The van der Waals surface area contributed by atoms with Crippen LogP contribution in [-0.4, -0.2) is 31.2 Å². The lowest BCUT2D eigenvalue weighted by Gasteiger charge is -2.08. The first kappa shape index (κ1) is 15.6. The van der Waals surface area contributed by atoms with Gasteiger partial charge in [0.25, 0.3) is 0 Å². The van der Waals surface area contributed by atoms with Gasteiger partial charge in [-0.2, -0.15) is 5.26 Å². The van der Waals surface area contributed by atoms with Gasteiger partial charge >= 0.3 is 11.8 Å². The first-order chi connectivity index (χ1) is 8.60. The van der Waals surface area contributed by atoms with E-state index in [0.717, 1.165) is 0 Å². The third kappa shape index (κ3) is 5.07. The van der Waals surface area contributed by atoms with Gasteiger partial charge in [-0.25, -0.2) is 0 Å². The molecule has 96 valence electrons. The van der Waals surface area contributed by atoms with Crippen LogP contribution in [0.3, 0.4) is 0 Å². The van der Waals surface area contributed by atoms with Gasteiger partial charge in [-0.15, -0.1) is 0 Å². The maximum Gasteiger partial charge on any atom is 0.310 e. The van der Waals surface area contributed by atoms with Gasteiger partial charge in [0, 0.05) is 12.1 Å². The molecular weight excluding hydrogens is 234 g/mol. The minimum Gasteiger partial charge on any atom is -0.344 e. The van der Waals surface area contributed by atoms with E-state index in [1.807, 2.05) is 0 Å². The molecule has 0 heterocycles. The lowest BCUT2D eigenvalue weighted by Crippen LogP contribution is -2.40. The quantitative estimate of drug-likeness (QED) is 0.232. The normalized spacial score (nSPS) is 11.4. The van der Waals surface area contributed by atoms with Crippen LogP contribution in [0.5, 0.6) is 0 Å². The number of rotatable bonds is 5. The Morgan fingerprint density at radius 2 is 1.78 bits per heavy atom. The third-order valence-corrected chi connectivity index (χ3v) is 2.13. The van der Waals surface area contributed by atoms with E-state index in [2.05, 4.69) is 10.6 Å². The minimum absolute atomic E-state index is 0.0771. The summed E-state index contributed by atoms with van der Waals surface area (Å²) in [5, 5.41) is 12.7. The molecule has 0 aliphatic carbocycles. The van der Waals surface area contributed by atoms with E-state index in [1.165, 1.54) is 0 Å². The Morgan fingerprint density at radius 3 is 2.22 bits per heavy atom. The van der Waals surface area contributed by atoms with Gasteiger partial charge in [0.05, 0.1) is 6.07 Å². The van der Waals surface area contributed by atoms with Crippen molar-refractivity contribution in [3.8, 4) is 6.07 Å². The maximum atomic E-state index is 11.3. The van der Waals surface area contributed by atoms with Crippen molar-refractivity contribution in [3.63, 3.8) is 0 Å². The fourth-order valence-corrected chi connectivity index (χ4v) is 1.16. The van der Waals surface area contributed by atoms with Crippen LogP contribution < -0.4 is 10.6 Å². The molecule has 0 rings (SSSR count). The number of carbonyl (C=O) groups excluding carboxylic acids is 3. The molecule has 0 aliphatic heterocycles. The average molecular weight is 249 g/mol. The predicted octanol–water partition coefficient (Wildman–Crippen LogP) is -0.166. The SMILES string of the molecule is C/C=C(C=O)\C(=C/C)CNC(=O)C(=O)NCC#N. The number of nitrogens with one attached hydrogen (secondary N) is 2. The molecule has 0 aromatic rings. The number of aldehydes is 1. The van der Waals surface area contributed by atoms with Crippen LogP contribution in [0.15, 0.2) is 23.3 Å². The molecule has 0 atom stereocenters. The van der Waals surface area contributed by atoms with E-state index < -0.39 is 11.8 Å². The van der Waals surface area contributed by atoms with Crippen molar-refractivity contribution in [3.05, 3.63) is 23.3 Å². The molecule has 2 amide bonds. The molecule has 0 saturated heterocycles. The van der Waals surface area contributed by atoms with Crippen molar-refractivity contribution in [2.75, 3.05) is 13.1 Å². The van der Waals surface area contributed by atoms with Gasteiger partial charge in [0.15, 0.2) is 0 Å². The van der Waals surface area contributed by atoms with Crippen LogP contribution >= 0.6 is 0 Å². The number of allylic oxidation sites excluding steroid dienone is 2. The summed E-state index contributed by atoms with van der Waals surface area (Å²) < 4.78 is 0. The standard InChI is InChI=1S/C12H15N3O3/c1-3-9(10(4-2)8-16)7-15-12(18)11(17)14-6-5-13/h3-4,8H,6-7H2,1-2H3,(H,14,17)(H,15,18)/b9-3-,10-4-. The Kier molecular flexibility index (Phi) is 7.53. The summed E-state index contributed by atoms with van der Waals surface area (Å²) in [5.74, 6) is -1.72. The van der Waals surface area contributed by atoms with Crippen molar-refractivity contribution in [1.29, 1.82) is 5.26 Å². The molecule has 0 bridgehead atoms. The van der Waals surface area contributed by atoms with Crippen LogP contribution in [0.25, 0.3) is 0 Å². The molecule has 6 nitrogen and oxygen atoms in total.